The van der Waals surface area contributed by atoms with E-state index in [0.717, 1.165) is 48.8 Å². The van der Waals surface area contributed by atoms with Crippen molar-refractivity contribution < 1.29 is 14.7 Å². The second-order valence-corrected chi connectivity index (χ2v) is 10.1. The summed E-state index contributed by atoms with van der Waals surface area (Å²) < 4.78 is 1.55. The smallest absolute Gasteiger partial charge is 0.305 e. The molecule has 1 unspecified atom stereocenters. The highest BCUT2D eigenvalue weighted by Gasteiger charge is 2.27. The van der Waals surface area contributed by atoms with Crippen LogP contribution in [0.15, 0.2) is 65.6 Å². The molecule has 0 saturated heterocycles. The maximum atomic E-state index is 13.7. The third kappa shape index (κ3) is 6.56. The minimum absolute atomic E-state index is 0.182. The Labute approximate surface area is 218 Å². The largest absolute Gasteiger partial charge is 0.481 e. The summed E-state index contributed by atoms with van der Waals surface area (Å²) in [5, 5.41) is 12.6. The number of carboxylic acid groups (broad SMARTS) is 1. The van der Waals surface area contributed by atoms with Crippen molar-refractivity contribution in [3.8, 4) is 0 Å². The zero-order valence-electron chi connectivity index (χ0n) is 21.7. The fourth-order valence-electron chi connectivity index (χ4n) is 5.29. The SMILES string of the molecule is CCCCC(C(=O)N[C@@H](CC(=O)O)c1ccc2c(c1)CCC2)n1cc(C)cc(Cc2ccccc2)c1=O. The van der Waals surface area contributed by atoms with Gasteiger partial charge in [0, 0.05) is 18.2 Å². The highest BCUT2D eigenvalue weighted by atomic mass is 16.4. The molecule has 0 fully saturated rings. The highest BCUT2D eigenvalue weighted by Crippen LogP contribution is 2.28. The maximum Gasteiger partial charge on any atom is 0.305 e. The minimum Gasteiger partial charge on any atom is -0.481 e. The van der Waals surface area contributed by atoms with Gasteiger partial charge in [-0.25, -0.2) is 0 Å². The zero-order valence-corrected chi connectivity index (χ0v) is 21.7. The Balaban J connectivity index is 1.65. The number of rotatable bonds is 11. The molecule has 0 bridgehead atoms. The van der Waals surface area contributed by atoms with Crippen LogP contribution in [0.4, 0.5) is 0 Å². The van der Waals surface area contributed by atoms with Gasteiger partial charge in [-0.15, -0.1) is 0 Å². The highest BCUT2D eigenvalue weighted by molar-refractivity contribution is 5.81. The van der Waals surface area contributed by atoms with Gasteiger partial charge in [0.25, 0.3) is 5.56 Å². The standard InChI is InChI=1S/C31H36N2O4/c1-3-4-13-28(33-20-21(2)16-26(31(33)37)17-22-9-6-5-7-10-22)30(36)32-27(19-29(34)35)25-15-14-23-11-8-12-24(23)18-25/h5-7,9-10,14-16,18,20,27-28H,3-4,8,11-13,17,19H2,1-2H3,(H,32,36)(H,34,35)/t27-,28?/m0/s1. The molecule has 2 atom stereocenters. The molecule has 0 radical (unpaired) electrons. The number of nitrogens with zero attached hydrogens (tertiary/aromatic N) is 1. The van der Waals surface area contributed by atoms with Crippen LogP contribution < -0.4 is 10.9 Å². The number of amides is 1. The lowest BCUT2D eigenvalue weighted by Gasteiger charge is -2.25. The molecule has 2 aromatic carbocycles. The molecular weight excluding hydrogens is 464 g/mol. The Morgan fingerprint density at radius 1 is 1.05 bits per heavy atom. The number of unbranched alkanes of at least 4 members (excludes halogenated alkanes) is 1. The van der Waals surface area contributed by atoms with E-state index in [9.17, 15) is 19.5 Å². The van der Waals surface area contributed by atoms with Crippen LogP contribution in [-0.2, 0) is 28.9 Å². The minimum atomic E-state index is -0.978. The number of pyridine rings is 1. The molecule has 6 heteroatoms. The molecule has 1 aliphatic rings. The molecule has 1 amide bonds. The third-order valence-corrected chi connectivity index (χ3v) is 7.18. The Morgan fingerprint density at radius 3 is 2.54 bits per heavy atom. The van der Waals surface area contributed by atoms with Crippen molar-refractivity contribution in [2.24, 2.45) is 0 Å². The molecule has 3 aromatic rings. The summed E-state index contributed by atoms with van der Waals surface area (Å²) >= 11 is 0. The lowest BCUT2D eigenvalue weighted by molar-refractivity contribution is -0.137. The monoisotopic (exact) mass is 500 g/mol. The maximum absolute atomic E-state index is 13.7. The summed E-state index contributed by atoms with van der Waals surface area (Å²) in [6.45, 7) is 3.98. The molecule has 0 saturated carbocycles. The summed E-state index contributed by atoms with van der Waals surface area (Å²) in [5.74, 6) is -1.30. The molecule has 0 spiro atoms. The van der Waals surface area contributed by atoms with Crippen molar-refractivity contribution in [3.63, 3.8) is 0 Å². The number of aryl methyl sites for hydroxylation is 3. The summed E-state index contributed by atoms with van der Waals surface area (Å²) in [4.78, 5) is 39.0. The Kier molecular flexibility index (Phi) is 8.59. The van der Waals surface area contributed by atoms with Gasteiger partial charge in [-0.05, 0) is 66.5 Å². The van der Waals surface area contributed by atoms with Crippen LogP contribution in [0.5, 0.6) is 0 Å². The van der Waals surface area contributed by atoms with Crippen molar-refractivity contribution in [1.82, 2.24) is 9.88 Å². The van der Waals surface area contributed by atoms with Crippen molar-refractivity contribution >= 4 is 11.9 Å². The average molecular weight is 501 g/mol. The second-order valence-electron chi connectivity index (χ2n) is 10.1. The van der Waals surface area contributed by atoms with Gasteiger partial charge in [0.1, 0.15) is 6.04 Å². The molecule has 1 aliphatic carbocycles. The van der Waals surface area contributed by atoms with E-state index < -0.39 is 18.1 Å². The molecular formula is C31H36N2O4. The lowest BCUT2D eigenvalue weighted by atomic mass is 9.98. The molecule has 0 aliphatic heterocycles. The van der Waals surface area contributed by atoms with E-state index in [1.165, 1.54) is 11.1 Å². The predicted molar refractivity (Wildman–Crippen MR) is 145 cm³/mol. The van der Waals surface area contributed by atoms with E-state index in [1.54, 1.807) is 10.8 Å². The van der Waals surface area contributed by atoms with Crippen LogP contribution >= 0.6 is 0 Å². The number of carbonyl (C=O) groups is 2. The number of nitrogens with one attached hydrogen (secondary N) is 1. The third-order valence-electron chi connectivity index (χ3n) is 7.18. The molecule has 6 nitrogen and oxygen atoms in total. The molecule has 1 heterocycles. The van der Waals surface area contributed by atoms with E-state index in [4.69, 9.17) is 0 Å². The second kappa shape index (κ2) is 12.0. The number of aromatic nitrogens is 1. The van der Waals surface area contributed by atoms with E-state index in [2.05, 4.69) is 5.32 Å². The Morgan fingerprint density at radius 2 is 1.81 bits per heavy atom. The van der Waals surface area contributed by atoms with Crippen LogP contribution in [0.25, 0.3) is 0 Å². The number of carboxylic acids is 1. The van der Waals surface area contributed by atoms with Crippen molar-refractivity contribution in [2.75, 3.05) is 0 Å². The first-order valence-corrected chi connectivity index (χ1v) is 13.2. The van der Waals surface area contributed by atoms with E-state index in [1.807, 2.05) is 68.4 Å². The van der Waals surface area contributed by atoms with Gasteiger partial charge in [-0.1, -0.05) is 68.3 Å². The molecule has 37 heavy (non-hydrogen) atoms. The topological polar surface area (TPSA) is 88.4 Å². The first-order chi connectivity index (χ1) is 17.9. The van der Waals surface area contributed by atoms with E-state index in [0.29, 0.717) is 18.4 Å². The van der Waals surface area contributed by atoms with Crippen LogP contribution in [0.3, 0.4) is 0 Å². The summed E-state index contributed by atoms with van der Waals surface area (Å²) in [6, 6.07) is 16.3. The van der Waals surface area contributed by atoms with Gasteiger partial charge in [0.2, 0.25) is 5.91 Å². The fourth-order valence-corrected chi connectivity index (χ4v) is 5.29. The number of fused-ring (bicyclic) bond motifs is 1. The van der Waals surface area contributed by atoms with Gasteiger partial charge >= 0.3 is 5.97 Å². The zero-order chi connectivity index (χ0) is 26.4. The Hall–Kier alpha value is -3.67. The summed E-state index contributed by atoms with van der Waals surface area (Å²) in [5.41, 5.74) is 5.71. The van der Waals surface area contributed by atoms with Gasteiger partial charge in [-0.2, -0.15) is 0 Å². The number of carbonyl (C=O) groups excluding carboxylic acids is 1. The molecule has 194 valence electrons. The van der Waals surface area contributed by atoms with Crippen molar-refractivity contribution in [3.05, 3.63) is 105 Å². The number of benzene rings is 2. The van der Waals surface area contributed by atoms with Crippen LogP contribution in [0.1, 0.15) is 84.5 Å². The quantitative estimate of drug-likeness (QED) is 0.374. The number of hydrogen-bond acceptors (Lipinski definition) is 3. The van der Waals surface area contributed by atoms with Crippen LogP contribution in [0, 0.1) is 6.92 Å². The van der Waals surface area contributed by atoms with Crippen molar-refractivity contribution in [1.29, 1.82) is 0 Å². The summed E-state index contributed by atoms with van der Waals surface area (Å²) in [7, 11) is 0. The molecule has 2 N–H and O–H groups in total. The van der Waals surface area contributed by atoms with Crippen LogP contribution in [-0.4, -0.2) is 21.6 Å². The number of hydrogen-bond donors (Lipinski definition) is 2. The first-order valence-electron chi connectivity index (χ1n) is 13.2. The van der Waals surface area contributed by atoms with E-state index in [-0.39, 0.29) is 17.9 Å². The van der Waals surface area contributed by atoms with Gasteiger partial charge in [-0.3, -0.25) is 14.4 Å². The van der Waals surface area contributed by atoms with E-state index >= 15 is 0 Å². The lowest BCUT2D eigenvalue weighted by Crippen LogP contribution is -2.40. The Bertz CT molecular complexity index is 1310. The summed E-state index contributed by atoms with van der Waals surface area (Å²) in [6.07, 6.45) is 7.27. The molecule has 4 rings (SSSR count). The normalized spacial score (nSPS) is 14.1. The van der Waals surface area contributed by atoms with Crippen LogP contribution in [0.2, 0.25) is 0 Å². The predicted octanol–water partition coefficient (Wildman–Crippen LogP) is 5.30. The fraction of sp³-hybridized carbons (Fsp3) is 0.387. The van der Waals surface area contributed by atoms with Gasteiger partial charge < -0.3 is 15.0 Å². The van der Waals surface area contributed by atoms with Gasteiger partial charge in [0.05, 0.1) is 12.5 Å². The van der Waals surface area contributed by atoms with Gasteiger partial charge in [0.15, 0.2) is 0 Å². The molecule has 1 aromatic heterocycles. The van der Waals surface area contributed by atoms with Crippen molar-refractivity contribution in [2.45, 2.75) is 77.3 Å². The first kappa shape index (κ1) is 26.4. The average Bonchev–Trinajstić information content (AvgIpc) is 3.35. The number of aliphatic carboxylic acids is 1.